The number of hydrogen-bond acceptors (Lipinski definition) is 5. The lowest BCUT2D eigenvalue weighted by Crippen LogP contribution is -2.31. The highest BCUT2D eigenvalue weighted by Crippen LogP contribution is 2.40. The Hall–Kier alpha value is -1.01. The number of hydrogen-bond donors (Lipinski definition) is 1. The van der Waals surface area contributed by atoms with Crippen molar-refractivity contribution < 1.29 is 9.59 Å². The number of nitrogens with zero attached hydrogens (tertiary/aromatic N) is 3. The van der Waals surface area contributed by atoms with Crippen LogP contribution in [-0.2, 0) is 17.8 Å². The minimum atomic E-state index is -0.0513. The first-order chi connectivity index (χ1) is 13.3. The average molecular weight is 427 g/mol. The molecule has 0 aliphatic carbocycles. The normalized spacial score (nSPS) is 14.2. The molecular weight excluding hydrogens is 391 g/mol. The van der Waals surface area contributed by atoms with E-state index in [1.807, 2.05) is 14.1 Å². The van der Waals surface area contributed by atoms with Gasteiger partial charge in [0.15, 0.2) is 0 Å². The van der Waals surface area contributed by atoms with Gasteiger partial charge in [-0.05, 0) is 61.9 Å². The van der Waals surface area contributed by atoms with Gasteiger partial charge in [-0.25, -0.2) is 0 Å². The van der Waals surface area contributed by atoms with Crippen LogP contribution >= 0.6 is 20.7 Å². The molecule has 0 saturated carbocycles. The van der Waals surface area contributed by atoms with Crippen LogP contribution in [0.5, 0.6) is 0 Å². The fourth-order valence-corrected chi connectivity index (χ4v) is 5.15. The van der Waals surface area contributed by atoms with Gasteiger partial charge in [0.1, 0.15) is 5.00 Å². The Balaban J connectivity index is 2.19. The molecule has 1 atom stereocenters. The first kappa shape index (κ1) is 23.3. The Bertz CT molecular complexity index is 677. The Labute approximate surface area is 175 Å². The molecule has 0 fully saturated rings. The summed E-state index contributed by atoms with van der Waals surface area (Å²) < 4.78 is 1.63. The molecule has 0 radical (unpaired) electrons. The maximum absolute atomic E-state index is 13.0. The summed E-state index contributed by atoms with van der Waals surface area (Å²) in [6.07, 6.45) is 5.30. The lowest BCUT2D eigenvalue weighted by Gasteiger charge is -2.22. The van der Waals surface area contributed by atoms with Crippen molar-refractivity contribution in [3.8, 4) is 0 Å². The zero-order valence-electron chi connectivity index (χ0n) is 17.7. The predicted molar refractivity (Wildman–Crippen MR) is 121 cm³/mol. The molecule has 1 aliphatic heterocycles. The predicted octanol–water partition coefficient (Wildman–Crippen LogP) is 3.12. The molecule has 1 aliphatic rings. The van der Waals surface area contributed by atoms with Crippen molar-refractivity contribution in [2.24, 2.45) is 0 Å². The summed E-state index contributed by atoms with van der Waals surface area (Å²) in [5, 5.41) is 3.84. The van der Waals surface area contributed by atoms with Crippen LogP contribution in [0.1, 0.15) is 59.8 Å². The monoisotopic (exact) mass is 426 g/mol. The molecule has 0 bridgehead atoms. The Morgan fingerprint density at radius 3 is 2.68 bits per heavy atom. The smallest absolute Gasteiger partial charge is 0.254 e. The van der Waals surface area contributed by atoms with Crippen molar-refractivity contribution in [2.45, 2.75) is 52.0 Å². The van der Waals surface area contributed by atoms with Gasteiger partial charge in [0.2, 0.25) is 5.91 Å². The molecule has 8 heteroatoms. The average Bonchev–Trinajstić information content (AvgIpc) is 3.02. The van der Waals surface area contributed by atoms with E-state index in [1.54, 1.807) is 16.0 Å². The molecule has 158 valence electrons. The number of likely N-dealkylation sites (N-methyl/N-ethyl adjacent to an activating group) is 1. The molecule has 2 rings (SSSR count). The van der Waals surface area contributed by atoms with Crippen LogP contribution in [-0.4, -0.2) is 62.4 Å². The summed E-state index contributed by atoms with van der Waals surface area (Å²) in [7, 11) is 8.70. The quantitative estimate of drug-likeness (QED) is 0.461. The largest absolute Gasteiger partial charge is 0.352 e. The van der Waals surface area contributed by atoms with Crippen molar-refractivity contribution in [3.05, 3.63) is 16.0 Å². The summed E-state index contributed by atoms with van der Waals surface area (Å²) in [4.78, 5) is 31.3. The van der Waals surface area contributed by atoms with E-state index in [-0.39, 0.29) is 11.8 Å². The Morgan fingerprint density at radius 2 is 2.00 bits per heavy atom. The molecule has 6 nitrogen and oxygen atoms in total. The van der Waals surface area contributed by atoms with Gasteiger partial charge < -0.3 is 15.1 Å². The summed E-state index contributed by atoms with van der Waals surface area (Å²) in [6, 6.07) is 0. The number of carbonyl (C=O) groups excluding carboxylic acids is 2. The molecule has 0 aromatic carbocycles. The SMILES string of the molecule is CCCCCC(=O)N(P)c1sc2c(c1C(=O)NCCCN(C)C)CCN(C)C2. The van der Waals surface area contributed by atoms with E-state index in [1.165, 1.54) is 4.88 Å². The second kappa shape index (κ2) is 11.2. The van der Waals surface area contributed by atoms with Crippen molar-refractivity contribution in [2.75, 3.05) is 45.4 Å². The number of unbranched alkanes of at least 4 members (excludes halogenated alkanes) is 2. The third-order valence-corrected chi connectivity index (χ3v) is 6.95. The number of rotatable bonds is 10. The molecule has 28 heavy (non-hydrogen) atoms. The summed E-state index contributed by atoms with van der Waals surface area (Å²) in [5.41, 5.74) is 1.83. The van der Waals surface area contributed by atoms with Gasteiger partial charge in [0.25, 0.3) is 5.91 Å². The summed E-state index contributed by atoms with van der Waals surface area (Å²) >= 11 is 1.59. The van der Waals surface area contributed by atoms with Crippen LogP contribution in [0.15, 0.2) is 0 Å². The molecule has 2 amide bonds. The number of thiophene rings is 1. The van der Waals surface area contributed by atoms with E-state index >= 15 is 0 Å². The van der Waals surface area contributed by atoms with Crippen molar-refractivity contribution in [1.29, 1.82) is 0 Å². The fraction of sp³-hybridized carbons (Fsp3) is 0.700. The van der Waals surface area contributed by atoms with Crippen molar-refractivity contribution in [1.82, 2.24) is 15.1 Å². The van der Waals surface area contributed by atoms with Crippen LogP contribution in [0.3, 0.4) is 0 Å². The minimum Gasteiger partial charge on any atom is -0.352 e. The van der Waals surface area contributed by atoms with Crippen molar-refractivity contribution in [3.63, 3.8) is 0 Å². The van der Waals surface area contributed by atoms with E-state index < -0.39 is 0 Å². The van der Waals surface area contributed by atoms with Crippen LogP contribution < -0.4 is 9.99 Å². The second-order valence-electron chi connectivity index (χ2n) is 7.81. The Morgan fingerprint density at radius 1 is 1.25 bits per heavy atom. The van der Waals surface area contributed by atoms with Gasteiger partial charge in [-0.2, -0.15) is 0 Å². The molecule has 1 aromatic heterocycles. The number of fused-ring (bicyclic) bond motifs is 1. The molecule has 0 saturated heterocycles. The van der Waals surface area contributed by atoms with Crippen LogP contribution in [0.25, 0.3) is 0 Å². The molecule has 1 N–H and O–H groups in total. The first-order valence-electron chi connectivity index (χ1n) is 10.2. The second-order valence-corrected chi connectivity index (χ2v) is 9.41. The number of carbonyl (C=O) groups is 2. The van der Waals surface area contributed by atoms with Gasteiger partial charge >= 0.3 is 0 Å². The highest BCUT2D eigenvalue weighted by molar-refractivity contribution is 7.26. The third-order valence-electron chi connectivity index (χ3n) is 5.01. The highest BCUT2D eigenvalue weighted by atomic mass is 32.1. The van der Waals surface area contributed by atoms with E-state index in [0.29, 0.717) is 18.5 Å². The summed E-state index contributed by atoms with van der Waals surface area (Å²) in [6.45, 7) is 5.48. The highest BCUT2D eigenvalue weighted by Gasteiger charge is 2.30. The lowest BCUT2D eigenvalue weighted by atomic mass is 10.0. The third kappa shape index (κ3) is 6.24. The number of nitrogens with one attached hydrogen (secondary N) is 1. The van der Waals surface area contributed by atoms with E-state index in [0.717, 1.165) is 62.3 Å². The molecular formula is C20H35N4O2PS. The van der Waals surface area contributed by atoms with Gasteiger partial charge in [-0.3, -0.25) is 14.3 Å². The molecule has 1 aromatic rings. The summed E-state index contributed by atoms with van der Waals surface area (Å²) in [5.74, 6) is 0.0108. The van der Waals surface area contributed by atoms with Gasteiger partial charge in [0, 0.05) is 30.9 Å². The zero-order chi connectivity index (χ0) is 20.7. The minimum absolute atomic E-state index is 0.0513. The van der Waals surface area contributed by atoms with Crippen LogP contribution in [0.2, 0.25) is 0 Å². The molecule has 0 spiro atoms. The topological polar surface area (TPSA) is 55.9 Å². The van der Waals surface area contributed by atoms with E-state index in [9.17, 15) is 9.59 Å². The van der Waals surface area contributed by atoms with Crippen molar-refractivity contribution >= 4 is 37.5 Å². The van der Waals surface area contributed by atoms with Gasteiger partial charge in [-0.15, -0.1) is 11.3 Å². The van der Waals surface area contributed by atoms with Gasteiger partial charge in [-0.1, -0.05) is 19.8 Å². The maximum Gasteiger partial charge on any atom is 0.254 e. The molecule has 2 heterocycles. The Kier molecular flexibility index (Phi) is 9.35. The number of amides is 2. The van der Waals surface area contributed by atoms with E-state index in [2.05, 4.69) is 38.5 Å². The first-order valence-corrected chi connectivity index (χ1v) is 11.5. The molecule has 1 unspecified atom stereocenters. The van der Waals surface area contributed by atoms with Crippen LogP contribution in [0.4, 0.5) is 5.00 Å². The van der Waals surface area contributed by atoms with Crippen LogP contribution in [0, 0.1) is 0 Å². The van der Waals surface area contributed by atoms with E-state index in [4.69, 9.17) is 0 Å². The standard InChI is InChI=1S/C20H35N4O2PS/c1-5-6-7-9-17(25)24(27)20-18(19(26)21-11-8-12-22(2)3)15-10-13-23(4)14-16(15)28-20/h5-14,27H2,1-4H3,(H,21,26). The number of anilines is 1. The lowest BCUT2D eigenvalue weighted by molar-refractivity contribution is -0.117. The maximum atomic E-state index is 13.0. The van der Waals surface area contributed by atoms with Gasteiger partial charge in [0.05, 0.1) is 5.56 Å². The fourth-order valence-electron chi connectivity index (χ4n) is 3.37. The zero-order valence-corrected chi connectivity index (χ0v) is 19.7.